The summed E-state index contributed by atoms with van der Waals surface area (Å²) in [5, 5.41) is 13.0. The number of aliphatic hydroxyl groups excluding tert-OH is 1. The Labute approximate surface area is 150 Å². The topological polar surface area (TPSA) is 61.8 Å². The van der Waals surface area contributed by atoms with Crippen LogP contribution < -0.4 is 5.32 Å². The molecule has 0 bridgehead atoms. The molecule has 1 heterocycles. The van der Waals surface area contributed by atoms with Gasteiger partial charge in [0.05, 0.1) is 25.2 Å². The lowest BCUT2D eigenvalue weighted by molar-refractivity contribution is -0.126. The fourth-order valence-electron chi connectivity index (χ4n) is 3.84. The maximum atomic E-state index is 12.2. The van der Waals surface area contributed by atoms with Gasteiger partial charge < -0.3 is 15.2 Å². The van der Waals surface area contributed by atoms with E-state index in [-0.39, 0.29) is 24.0 Å². The van der Waals surface area contributed by atoms with Crippen molar-refractivity contribution in [3.63, 3.8) is 0 Å². The third-order valence-corrected chi connectivity index (χ3v) is 5.32. The first-order chi connectivity index (χ1) is 12.2. The highest BCUT2D eigenvalue weighted by molar-refractivity contribution is 5.76. The first kappa shape index (κ1) is 18.4. The van der Waals surface area contributed by atoms with Crippen molar-refractivity contribution in [2.75, 3.05) is 26.2 Å². The van der Waals surface area contributed by atoms with Crippen LogP contribution in [0.1, 0.15) is 37.7 Å². The van der Waals surface area contributed by atoms with Gasteiger partial charge >= 0.3 is 0 Å². The number of aliphatic hydroxyl groups is 1. The van der Waals surface area contributed by atoms with Crippen molar-refractivity contribution in [1.82, 2.24) is 10.2 Å². The van der Waals surface area contributed by atoms with Gasteiger partial charge in [-0.25, -0.2) is 0 Å². The molecule has 0 aromatic heterocycles. The molecule has 0 spiro atoms. The van der Waals surface area contributed by atoms with E-state index in [0.29, 0.717) is 19.6 Å². The van der Waals surface area contributed by atoms with Crippen LogP contribution in [0, 0.1) is 5.92 Å². The lowest BCUT2D eigenvalue weighted by atomic mass is 9.86. The van der Waals surface area contributed by atoms with Crippen LogP contribution in [0.2, 0.25) is 0 Å². The van der Waals surface area contributed by atoms with Crippen molar-refractivity contribution >= 4 is 5.91 Å². The molecule has 2 N–H and O–H groups in total. The van der Waals surface area contributed by atoms with Crippen molar-refractivity contribution in [1.29, 1.82) is 0 Å². The summed E-state index contributed by atoms with van der Waals surface area (Å²) in [5.41, 5.74) is 1.29. The Kier molecular flexibility index (Phi) is 6.84. The van der Waals surface area contributed by atoms with Gasteiger partial charge in [-0.2, -0.15) is 0 Å². The normalized spacial score (nSPS) is 27.8. The summed E-state index contributed by atoms with van der Waals surface area (Å²) < 4.78 is 5.78. The van der Waals surface area contributed by atoms with E-state index < -0.39 is 0 Å². The fraction of sp³-hybridized carbons (Fsp3) is 0.650. The first-order valence-corrected chi connectivity index (χ1v) is 9.53. The van der Waals surface area contributed by atoms with Crippen LogP contribution in [0.15, 0.2) is 30.3 Å². The molecule has 1 aliphatic carbocycles. The Bertz CT molecular complexity index is 537. The van der Waals surface area contributed by atoms with Crippen LogP contribution in [0.4, 0.5) is 0 Å². The van der Waals surface area contributed by atoms with Gasteiger partial charge in [0.25, 0.3) is 0 Å². The molecule has 1 saturated carbocycles. The first-order valence-electron chi connectivity index (χ1n) is 9.53. The molecular weight excluding hydrogens is 316 g/mol. The molecule has 2 fully saturated rings. The van der Waals surface area contributed by atoms with Crippen LogP contribution in [0.25, 0.3) is 0 Å². The highest BCUT2D eigenvalue weighted by Gasteiger charge is 2.25. The Hall–Kier alpha value is -1.43. The third-order valence-electron chi connectivity index (χ3n) is 5.32. The lowest BCUT2D eigenvalue weighted by Crippen LogP contribution is -2.45. The molecule has 3 atom stereocenters. The number of carbonyl (C=O) groups excluding carboxylic acids is 1. The predicted octanol–water partition coefficient (Wildman–Crippen LogP) is 1.94. The Balaban J connectivity index is 1.40. The second kappa shape index (κ2) is 9.32. The quantitative estimate of drug-likeness (QED) is 0.826. The monoisotopic (exact) mass is 346 g/mol. The maximum absolute atomic E-state index is 12.2. The smallest absolute Gasteiger partial charge is 0.222 e. The number of nitrogens with one attached hydrogen (secondary N) is 1. The highest BCUT2D eigenvalue weighted by Crippen LogP contribution is 2.23. The number of morpholine rings is 1. The summed E-state index contributed by atoms with van der Waals surface area (Å²) in [6, 6.07) is 10.4. The van der Waals surface area contributed by atoms with Crippen LogP contribution in [-0.4, -0.2) is 54.4 Å². The second-order valence-electron chi connectivity index (χ2n) is 7.33. The molecule has 1 amide bonds. The summed E-state index contributed by atoms with van der Waals surface area (Å²) in [4.78, 5) is 14.6. The molecule has 25 heavy (non-hydrogen) atoms. The van der Waals surface area contributed by atoms with Gasteiger partial charge in [0.15, 0.2) is 0 Å². The van der Waals surface area contributed by atoms with Crippen LogP contribution >= 0.6 is 0 Å². The Morgan fingerprint density at radius 3 is 2.84 bits per heavy atom. The maximum Gasteiger partial charge on any atom is 0.222 e. The van der Waals surface area contributed by atoms with E-state index in [1.165, 1.54) is 5.56 Å². The average molecular weight is 346 g/mol. The van der Waals surface area contributed by atoms with Gasteiger partial charge in [0.1, 0.15) is 0 Å². The van der Waals surface area contributed by atoms with E-state index in [1.54, 1.807) is 0 Å². The fourth-order valence-corrected chi connectivity index (χ4v) is 3.84. The van der Waals surface area contributed by atoms with Crippen molar-refractivity contribution in [3.05, 3.63) is 35.9 Å². The molecule has 0 unspecified atom stereocenters. The second-order valence-corrected chi connectivity index (χ2v) is 7.33. The number of carbonyl (C=O) groups is 1. The minimum absolute atomic E-state index is 0.0318. The molecule has 0 radical (unpaired) electrons. The zero-order chi connectivity index (χ0) is 17.5. The molecule has 1 saturated heterocycles. The van der Waals surface area contributed by atoms with Crippen molar-refractivity contribution in [2.24, 2.45) is 5.92 Å². The molecule has 138 valence electrons. The number of ether oxygens (including phenoxy) is 1. The molecule has 1 aliphatic heterocycles. The van der Waals surface area contributed by atoms with Gasteiger partial charge in [-0.05, 0) is 18.4 Å². The Morgan fingerprint density at radius 2 is 2.04 bits per heavy atom. The van der Waals surface area contributed by atoms with E-state index in [9.17, 15) is 9.90 Å². The average Bonchev–Trinajstić information content (AvgIpc) is 2.62. The zero-order valence-corrected chi connectivity index (χ0v) is 14.9. The van der Waals surface area contributed by atoms with Gasteiger partial charge in [-0.3, -0.25) is 9.69 Å². The van der Waals surface area contributed by atoms with E-state index >= 15 is 0 Å². The largest absolute Gasteiger partial charge is 0.393 e. The molecule has 1 aromatic carbocycles. The van der Waals surface area contributed by atoms with Crippen LogP contribution in [-0.2, 0) is 16.1 Å². The van der Waals surface area contributed by atoms with Gasteiger partial charge in [-0.1, -0.05) is 43.2 Å². The zero-order valence-electron chi connectivity index (χ0n) is 14.9. The van der Waals surface area contributed by atoms with Crippen LogP contribution in [0.3, 0.4) is 0 Å². The molecule has 3 rings (SSSR count). The summed E-state index contributed by atoms with van der Waals surface area (Å²) in [6.07, 6.45) is 4.20. The van der Waals surface area contributed by atoms with Crippen LogP contribution in [0.5, 0.6) is 0 Å². The molecule has 5 nitrogen and oxygen atoms in total. The lowest BCUT2D eigenvalue weighted by Gasteiger charge is -2.33. The summed E-state index contributed by atoms with van der Waals surface area (Å²) in [5.74, 6) is 0.240. The van der Waals surface area contributed by atoms with Gasteiger partial charge in [0.2, 0.25) is 5.91 Å². The van der Waals surface area contributed by atoms with E-state index in [0.717, 1.165) is 45.3 Å². The van der Waals surface area contributed by atoms with Gasteiger partial charge in [0, 0.05) is 32.1 Å². The minimum Gasteiger partial charge on any atom is -0.393 e. The summed E-state index contributed by atoms with van der Waals surface area (Å²) in [6.45, 7) is 3.85. The SMILES string of the molecule is O=C(C[C@@H]1CN(Cc2ccccc2)CCO1)NC[C@H]1CCCC[C@H]1O. The number of hydrogen-bond donors (Lipinski definition) is 2. The van der Waals surface area contributed by atoms with Crippen molar-refractivity contribution in [2.45, 2.75) is 50.9 Å². The Morgan fingerprint density at radius 1 is 1.24 bits per heavy atom. The number of nitrogens with zero attached hydrogens (tertiary/aromatic N) is 1. The molecule has 1 aromatic rings. The molecule has 5 heteroatoms. The highest BCUT2D eigenvalue weighted by atomic mass is 16.5. The molecular formula is C20H30N2O3. The predicted molar refractivity (Wildman–Crippen MR) is 97.1 cm³/mol. The number of rotatable bonds is 6. The standard InChI is InChI=1S/C20H30N2O3/c23-19-9-5-4-8-17(19)13-21-20(24)12-18-15-22(10-11-25-18)14-16-6-2-1-3-7-16/h1-3,6-7,17-19,23H,4-5,8-15H2,(H,21,24)/t17-,18-,19-/m1/s1. The molecule has 2 aliphatic rings. The van der Waals surface area contributed by atoms with E-state index in [4.69, 9.17) is 4.74 Å². The van der Waals surface area contributed by atoms with Crippen molar-refractivity contribution in [3.8, 4) is 0 Å². The third kappa shape index (κ3) is 5.80. The van der Waals surface area contributed by atoms with E-state index in [1.807, 2.05) is 6.07 Å². The summed E-state index contributed by atoms with van der Waals surface area (Å²) >= 11 is 0. The van der Waals surface area contributed by atoms with E-state index in [2.05, 4.69) is 34.5 Å². The number of hydrogen-bond acceptors (Lipinski definition) is 4. The van der Waals surface area contributed by atoms with Gasteiger partial charge in [-0.15, -0.1) is 0 Å². The number of benzene rings is 1. The minimum atomic E-state index is -0.263. The number of amides is 1. The van der Waals surface area contributed by atoms with Crippen molar-refractivity contribution < 1.29 is 14.6 Å². The summed E-state index contributed by atoms with van der Waals surface area (Å²) in [7, 11) is 0.